The molecule has 1 aliphatic heterocycles. The van der Waals surface area contributed by atoms with E-state index in [-0.39, 0.29) is 23.6 Å². The Morgan fingerprint density at radius 1 is 1.12 bits per heavy atom. The molecule has 7 heteroatoms. The predicted octanol–water partition coefficient (Wildman–Crippen LogP) is 3.73. The van der Waals surface area contributed by atoms with Crippen molar-refractivity contribution in [2.45, 2.75) is 19.5 Å². The molecule has 1 atom stereocenters. The van der Waals surface area contributed by atoms with Crippen LogP contribution < -0.4 is 4.74 Å². The number of carbonyl (C=O) groups is 2. The number of benzene rings is 2. The van der Waals surface area contributed by atoms with Crippen molar-refractivity contribution in [2.24, 2.45) is 0 Å². The van der Waals surface area contributed by atoms with Gasteiger partial charge in [-0.05, 0) is 48.4 Å². The van der Waals surface area contributed by atoms with Gasteiger partial charge in [-0.2, -0.15) is 0 Å². The van der Waals surface area contributed by atoms with Crippen molar-refractivity contribution in [1.82, 2.24) is 9.88 Å². The second-order valence-electron chi connectivity index (χ2n) is 7.59. The fourth-order valence-corrected chi connectivity index (χ4v) is 3.92. The van der Waals surface area contributed by atoms with Gasteiger partial charge in [-0.25, -0.2) is 0 Å². The standard InChI is InChI=1S/C25H22N2O5/c1-15-8-9-20(32-2)19(11-15)23(29)21-22(17-6-3-7-18(28)12-17)27(25(31)24(21)30)14-16-5-4-10-26-13-16/h3-13,22,28-29H,14H2,1-2H3/b23-21+. The van der Waals surface area contributed by atoms with Gasteiger partial charge < -0.3 is 19.8 Å². The number of ether oxygens (including phenoxy) is 1. The zero-order valence-electron chi connectivity index (χ0n) is 17.6. The fourth-order valence-electron chi connectivity index (χ4n) is 3.92. The van der Waals surface area contributed by atoms with Crippen LogP contribution in [0.3, 0.4) is 0 Å². The van der Waals surface area contributed by atoms with Gasteiger partial charge in [0, 0.05) is 18.9 Å². The molecule has 0 bridgehead atoms. The number of rotatable bonds is 5. The third-order valence-electron chi connectivity index (χ3n) is 5.41. The van der Waals surface area contributed by atoms with Gasteiger partial charge in [-0.15, -0.1) is 0 Å². The molecule has 2 aromatic carbocycles. The number of carbonyl (C=O) groups excluding carboxylic acids is 2. The third kappa shape index (κ3) is 3.80. The highest BCUT2D eigenvalue weighted by Crippen LogP contribution is 2.42. The van der Waals surface area contributed by atoms with Gasteiger partial charge in [0.1, 0.15) is 17.3 Å². The van der Waals surface area contributed by atoms with Crippen LogP contribution in [-0.4, -0.2) is 38.9 Å². The third-order valence-corrected chi connectivity index (χ3v) is 5.41. The Hall–Kier alpha value is -4.13. The minimum absolute atomic E-state index is 0.0115. The number of aliphatic hydroxyl groups excluding tert-OH is 1. The van der Waals surface area contributed by atoms with E-state index in [4.69, 9.17) is 4.74 Å². The van der Waals surface area contributed by atoms with Crippen LogP contribution in [0.1, 0.15) is 28.3 Å². The second kappa shape index (κ2) is 8.55. The maximum Gasteiger partial charge on any atom is 0.295 e. The summed E-state index contributed by atoms with van der Waals surface area (Å²) in [5.41, 5.74) is 2.34. The number of methoxy groups -OCH3 is 1. The number of aromatic nitrogens is 1. The number of Topliss-reactive ketones (excluding diaryl/α,β-unsaturated/α-hetero) is 1. The van der Waals surface area contributed by atoms with Crippen LogP contribution >= 0.6 is 0 Å². The van der Waals surface area contributed by atoms with E-state index in [1.54, 1.807) is 48.8 Å². The summed E-state index contributed by atoms with van der Waals surface area (Å²) in [5, 5.41) is 21.3. The second-order valence-corrected chi connectivity index (χ2v) is 7.59. The van der Waals surface area contributed by atoms with E-state index in [1.165, 1.54) is 24.1 Å². The van der Waals surface area contributed by atoms with Gasteiger partial charge in [0.25, 0.3) is 11.7 Å². The number of hydrogen-bond acceptors (Lipinski definition) is 6. The van der Waals surface area contributed by atoms with Crippen LogP contribution in [0.2, 0.25) is 0 Å². The molecule has 7 nitrogen and oxygen atoms in total. The lowest BCUT2D eigenvalue weighted by Gasteiger charge is -2.25. The van der Waals surface area contributed by atoms with E-state index < -0.39 is 17.7 Å². The fraction of sp³-hybridized carbons (Fsp3) is 0.160. The summed E-state index contributed by atoms with van der Waals surface area (Å²) >= 11 is 0. The summed E-state index contributed by atoms with van der Waals surface area (Å²) < 4.78 is 5.37. The number of pyridine rings is 1. The number of phenols is 1. The summed E-state index contributed by atoms with van der Waals surface area (Å²) in [6, 6.07) is 14.2. The number of nitrogens with zero attached hydrogens (tertiary/aromatic N) is 2. The van der Waals surface area contributed by atoms with E-state index in [1.807, 2.05) is 13.0 Å². The van der Waals surface area contributed by atoms with Gasteiger partial charge in [0.2, 0.25) is 0 Å². The Morgan fingerprint density at radius 2 is 1.94 bits per heavy atom. The molecule has 2 N–H and O–H groups in total. The maximum atomic E-state index is 13.1. The monoisotopic (exact) mass is 430 g/mol. The van der Waals surface area contributed by atoms with Crippen LogP contribution in [0.5, 0.6) is 11.5 Å². The number of phenolic OH excluding ortho intramolecular Hbond substituents is 1. The lowest BCUT2D eigenvalue weighted by molar-refractivity contribution is -0.140. The van der Waals surface area contributed by atoms with Crippen LogP contribution in [0.15, 0.2) is 72.6 Å². The minimum atomic E-state index is -0.896. The Balaban J connectivity index is 1.92. The number of amides is 1. The molecule has 0 aliphatic carbocycles. The molecule has 1 saturated heterocycles. The molecule has 0 spiro atoms. The quantitative estimate of drug-likeness (QED) is 0.364. The first-order valence-electron chi connectivity index (χ1n) is 10.0. The Bertz CT molecular complexity index is 1220. The first kappa shape index (κ1) is 21.1. The van der Waals surface area contributed by atoms with Crippen LogP contribution in [0, 0.1) is 6.92 Å². The van der Waals surface area contributed by atoms with Crippen molar-refractivity contribution < 1.29 is 24.5 Å². The van der Waals surface area contributed by atoms with Crippen molar-refractivity contribution in [2.75, 3.05) is 7.11 Å². The molecule has 3 aromatic rings. The highest BCUT2D eigenvalue weighted by atomic mass is 16.5. The number of aryl methyl sites for hydroxylation is 1. The minimum Gasteiger partial charge on any atom is -0.508 e. The van der Waals surface area contributed by atoms with E-state index in [0.29, 0.717) is 16.9 Å². The van der Waals surface area contributed by atoms with Crippen LogP contribution in [0.4, 0.5) is 0 Å². The Morgan fingerprint density at radius 3 is 2.62 bits per heavy atom. The summed E-state index contributed by atoms with van der Waals surface area (Å²) in [7, 11) is 1.47. The van der Waals surface area contributed by atoms with E-state index in [2.05, 4.69) is 4.98 Å². The predicted molar refractivity (Wildman–Crippen MR) is 118 cm³/mol. The molecule has 32 heavy (non-hydrogen) atoms. The number of likely N-dealkylation sites (tertiary alicyclic amines) is 1. The molecule has 0 radical (unpaired) electrons. The summed E-state index contributed by atoms with van der Waals surface area (Å²) in [6.07, 6.45) is 3.23. The average Bonchev–Trinajstić information content (AvgIpc) is 3.04. The highest BCUT2D eigenvalue weighted by molar-refractivity contribution is 6.46. The van der Waals surface area contributed by atoms with Crippen LogP contribution in [0.25, 0.3) is 5.76 Å². The van der Waals surface area contributed by atoms with E-state index in [9.17, 15) is 19.8 Å². The van der Waals surface area contributed by atoms with Gasteiger partial charge in [0.05, 0.1) is 24.3 Å². The van der Waals surface area contributed by atoms with Gasteiger partial charge in [0.15, 0.2) is 0 Å². The molecule has 2 heterocycles. The summed E-state index contributed by atoms with van der Waals surface area (Å²) in [4.78, 5) is 31.7. The molecule has 1 fully saturated rings. The molecule has 1 unspecified atom stereocenters. The summed E-state index contributed by atoms with van der Waals surface area (Å²) in [6.45, 7) is 1.96. The molecule has 1 aliphatic rings. The largest absolute Gasteiger partial charge is 0.508 e. The molecule has 1 aromatic heterocycles. The van der Waals surface area contributed by atoms with Crippen molar-refractivity contribution >= 4 is 17.4 Å². The van der Waals surface area contributed by atoms with E-state index >= 15 is 0 Å². The van der Waals surface area contributed by atoms with Gasteiger partial charge >= 0.3 is 0 Å². The first-order chi connectivity index (χ1) is 15.4. The lowest BCUT2D eigenvalue weighted by atomic mass is 9.94. The number of hydrogen-bond donors (Lipinski definition) is 2. The van der Waals surface area contributed by atoms with Crippen molar-refractivity contribution in [3.63, 3.8) is 0 Å². The lowest BCUT2D eigenvalue weighted by Crippen LogP contribution is -2.29. The SMILES string of the molecule is COc1ccc(C)cc1/C(O)=C1\C(=O)C(=O)N(Cc2cccnc2)C1c1cccc(O)c1. The normalized spacial score (nSPS) is 17.6. The van der Waals surface area contributed by atoms with Gasteiger partial charge in [-0.3, -0.25) is 14.6 Å². The molecule has 1 amide bonds. The molecule has 0 saturated carbocycles. The topological polar surface area (TPSA) is 100.0 Å². The number of ketones is 1. The van der Waals surface area contributed by atoms with E-state index in [0.717, 1.165) is 11.1 Å². The molecule has 4 rings (SSSR count). The number of aliphatic hydroxyl groups is 1. The molecular formula is C25H22N2O5. The highest BCUT2D eigenvalue weighted by Gasteiger charge is 2.46. The first-order valence-corrected chi connectivity index (χ1v) is 10.0. The Labute approximate surface area is 185 Å². The Kier molecular flexibility index (Phi) is 5.64. The van der Waals surface area contributed by atoms with Crippen LogP contribution in [-0.2, 0) is 16.1 Å². The average molecular weight is 430 g/mol. The zero-order valence-corrected chi connectivity index (χ0v) is 17.6. The smallest absolute Gasteiger partial charge is 0.295 e. The zero-order chi connectivity index (χ0) is 22.8. The van der Waals surface area contributed by atoms with Crippen molar-refractivity contribution in [3.05, 3.63) is 94.8 Å². The summed E-state index contributed by atoms with van der Waals surface area (Å²) in [5.74, 6) is -1.51. The van der Waals surface area contributed by atoms with Gasteiger partial charge in [-0.1, -0.05) is 29.8 Å². The molecule has 162 valence electrons. The molecular weight excluding hydrogens is 408 g/mol. The maximum absolute atomic E-state index is 13.1. The number of aromatic hydroxyl groups is 1. The van der Waals surface area contributed by atoms with Crippen molar-refractivity contribution in [3.8, 4) is 11.5 Å². The van der Waals surface area contributed by atoms with Crippen molar-refractivity contribution in [1.29, 1.82) is 0 Å².